The highest BCUT2D eigenvalue weighted by atomic mass is 79.9. The third-order valence-corrected chi connectivity index (χ3v) is 4.40. The zero-order valence-electron chi connectivity index (χ0n) is 11.7. The highest BCUT2D eigenvalue weighted by Gasteiger charge is 2.17. The van der Waals surface area contributed by atoms with Gasteiger partial charge in [-0.25, -0.2) is 4.39 Å². The van der Waals surface area contributed by atoms with Gasteiger partial charge in [0.25, 0.3) is 0 Å². The van der Waals surface area contributed by atoms with Crippen LogP contribution >= 0.6 is 15.9 Å². The lowest BCUT2D eigenvalue weighted by Gasteiger charge is -2.19. The van der Waals surface area contributed by atoms with Crippen molar-refractivity contribution in [3.63, 3.8) is 0 Å². The van der Waals surface area contributed by atoms with Gasteiger partial charge in [0, 0.05) is 29.2 Å². The molecule has 1 aliphatic rings. The van der Waals surface area contributed by atoms with E-state index in [1.807, 2.05) is 6.07 Å². The smallest absolute Gasteiger partial charge is 0.127 e. The summed E-state index contributed by atoms with van der Waals surface area (Å²) in [6, 6.07) is 13.8. The van der Waals surface area contributed by atoms with E-state index in [-0.39, 0.29) is 11.9 Å². The van der Waals surface area contributed by atoms with E-state index in [0.717, 1.165) is 24.0 Å². The molecule has 1 aliphatic heterocycles. The average Bonchev–Trinajstić information content (AvgIpc) is 2.70. The normalized spacial score (nSPS) is 18.1. The molecule has 1 atom stereocenters. The van der Waals surface area contributed by atoms with Gasteiger partial charge >= 0.3 is 0 Å². The van der Waals surface area contributed by atoms with Crippen molar-refractivity contribution in [1.82, 2.24) is 10.6 Å². The zero-order valence-corrected chi connectivity index (χ0v) is 13.3. The summed E-state index contributed by atoms with van der Waals surface area (Å²) >= 11 is 3.40. The van der Waals surface area contributed by atoms with Gasteiger partial charge in [-0.15, -0.1) is 0 Å². The molecule has 0 spiro atoms. The molecule has 1 unspecified atom stereocenters. The Bertz CT molecular complexity index is 630. The molecule has 0 aromatic heterocycles. The maximum atomic E-state index is 13.8. The molecule has 2 nitrogen and oxygen atoms in total. The van der Waals surface area contributed by atoms with Crippen LogP contribution in [0.25, 0.3) is 0 Å². The summed E-state index contributed by atoms with van der Waals surface area (Å²) in [6.45, 7) is 2.40. The molecular weight excluding hydrogens is 331 g/mol. The monoisotopic (exact) mass is 348 g/mol. The molecule has 0 bridgehead atoms. The molecule has 110 valence electrons. The predicted octanol–water partition coefficient (Wildman–Crippen LogP) is 3.91. The van der Waals surface area contributed by atoms with Gasteiger partial charge in [-0.05, 0) is 42.3 Å². The molecule has 3 rings (SSSR count). The molecule has 0 aliphatic carbocycles. The van der Waals surface area contributed by atoms with Crippen LogP contribution in [0.4, 0.5) is 4.39 Å². The van der Waals surface area contributed by atoms with E-state index < -0.39 is 0 Å². The minimum Gasteiger partial charge on any atom is -0.313 e. The molecule has 21 heavy (non-hydrogen) atoms. The van der Waals surface area contributed by atoms with E-state index >= 15 is 0 Å². The van der Waals surface area contributed by atoms with E-state index in [1.165, 1.54) is 17.2 Å². The van der Waals surface area contributed by atoms with Crippen molar-refractivity contribution in [2.24, 2.45) is 0 Å². The highest BCUT2D eigenvalue weighted by molar-refractivity contribution is 9.10. The van der Waals surface area contributed by atoms with Crippen LogP contribution in [0.2, 0.25) is 0 Å². The van der Waals surface area contributed by atoms with Crippen molar-refractivity contribution in [2.45, 2.75) is 25.6 Å². The molecule has 2 aromatic carbocycles. The van der Waals surface area contributed by atoms with Crippen LogP contribution in [-0.4, -0.2) is 6.54 Å². The molecule has 0 saturated carbocycles. The Morgan fingerprint density at radius 2 is 2.10 bits per heavy atom. The average molecular weight is 349 g/mol. The maximum absolute atomic E-state index is 13.8. The summed E-state index contributed by atoms with van der Waals surface area (Å²) in [6.07, 6.45) is 1.01. The van der Waals surface area contributed by atoms with Crippen molar-refractivity contribution < 1.29 is 4.39 Å². The first-order valence-electron chi connectivity index (χ1n) is 7.20. The van der Waals surface area contributed by atoms with Crippen molar-refractivity contribution in [2.75, 3.05) is 6.54 Å². The molecule has 0 fully saturated rings. The quantitative estimate of drug-likeness (QED) is 0.878. The number of nitrogens with one attached hydrogen (secondary N) is 2. The predicted molar refractivity (Wildman–Crippen MR) is 86.4 cm³/mol. The Morgan fingerprint density at radius 1 is 1.24 bits per heavy atom. The molecule has 0 saturated heterocycles. The van der Waals surface area contributed by atoms with Gasteiger partial charge in [0.15, 0.2) is 0 Å². The minimum absolute atomic E-state index is 0.161. The van der Waals surface area contributed by atoms with Crippen LogP contribution in [0.3, 0.4) is 0 Å². The van der Waals surface area contributed by atoms with Crippen molar-refractivity contribution in [1.29, 1.82) is 0 Å². The zero-order chi connectivity index (χ0) is 14.7. The van der Waals surface area contributed by atoms with Gasteiger partial charge in [0.05, 0.1) is 0 Å². The topological polar surface area (TPSA) is 24.1 Å². The second-order valence-corrected chi connectivity index (χ2v) is 6.25. The van der Waals surface area contributed by atoms with E-state index in [4.69, 9.17) is 0 Å². The number of hydrogen-bond donors (Lipinski definition) is 2. The molecule has 0 radical (unpaired) electrons. The lowest BCUT2D eigenvalue weighted by Crippen LogP contribution is -2.23. The lowest BCUT2D eigenvalue weighted by molar-refractivity contribution is 0.485. The summed E-state index contributed by atoms with van der Waals surface area (Å²) in [5.74, 6) is -0.161. The third-order valence-electron chi connectivity index (χ3n) is 3.90. The number of fused-ring (bicyclic) bond motifs is 1. The van der Waals surface area contributed by atoms with Gasteiger partial charge in [-0.1, -0.05) is 40.2 Å². The van der Waals surface area contributed by atoms with E-state index in [2.05, 4.69) is 50.8 Å². The first-order valence-corrected chi connectivity index (χ1v) is 7.99. The fourth-order valence-corrected chi connectivity index (χ4v) is 3.19. The van der Waals surface area contributed by atoms with Gasteiger partial charge in [0.2, 0.25) is 0 Å². The van der Waals surface area contributed by atoms with Crippen LogP contribution < -0.4 is 10.6 Å². The SMILES string of the molecule is Fc1ccc(Br)cc1CNC1CCNCc2ccccc21. The van der Waals surface area contributed by atoms with Crippen LogP contribution in [-0.2, 0) is 13.1 Å². The van der Waals surface area contributed by atoms with Crippen molar-refractivity contribution in [3.05, 3.63) is 69.4 Å². The van der Waals surface area contributed by atoms with Crippen LogP contribution in [0.15, 0.2) is 46.9 Å². The van der Waals surface area contributed by atoms with Crippen LogP contribution in [0.1, 0.15) is 29.2 Å². The first-order chi connectivity index (χ1) is 10.2. The first kappa shape index (κ1) is 14.7. The van der Waals surface area contributed by atoms with E-state index in [1.54, 1.807) is 6.07 Å². The molecule has 2 aromatic rings. The number of hydrogen-bond acceptors (Lipinski definition) is 2. The number of benzene rings is 2. The summed E-state index contributed by atoms with van der Waals surface area (Å²) < 4.78 is 14.7. The molecule has 1 heterocycles. The van der Waals surface area contributed by atoms with Gasteiger partial charge < -0.3 is 10.6 Å². The summed E-state index contributed by atoms with van der Waals surface area (Å²) in [4.78, 5) is 0. The Kier molecular flexibility index (Phi) is 4.68. The summed E-state index contributed by atoms with van der Waals surface area (Å²) in [5, 5.41) is 6.93. The maximum Gasteiger partial charge on any atom is 0.127 e. The fourth-order valence-electron chi connectivity index (χ4n) is 2.78. The van der Waals surface area contributed by atoms with Crippen LogP contribution in [0, 0.1) is 5.82 Å². The van der Waals surface area contributed by atoms with Crippen LogP contribution in [0.5, 0.6) is 0 Å². The van der Waals surface area contributed by atoms with E-state index in [9.17, 15) is 4.39 Å². The fraction of sp³-hybridized carbons (Fsp3) is 0.294. The second-order valence-electron chi connectivity index (χ2n) is 5.33. The molecule has 4 heteroatoms. The Morgan fingerprint density at radius 3 is 3.00 bits per heavy atom. The Labute approximate surface area is 132 Å². The molecule has 0 amide bonds. The van der Waals surface area contributed by atoms with Gasteiger partial charge in [-0.2, -0.15) is 0 Å². The Hall–Kier alpha value is -1.23. The number of halogens is 2. The minimum atomic E-state index is -0.161. The summed E-state index contributed by atoms with van der Waals surface area (Å²) in [7, 11) is 0. The number of rotatable bonds is 3. The molecular formula is C17H18BrFN2. The summed E-state index contributed by atoms with van der Waals surface area (Å²) in [5.41, 5.74) is 3.33. The van der Waals surface area contributed by atoms with Gasteiger partial charge in [-0.3, -0.25) is 0 Å². The largest absolute Gasteiger partial charge is 0.313 e. The third kappa shape index (κ3) is 3.51. The van der Waals surface area contributed by atoms with Gasteiger partial charge in [0.1, 0.15) is 5.82 Å². The highest BCUT2D eigenvalue weighted by Crippen LogP contribution is 2.24. The standard InChI is InChI=1S/C17H18BrFN2/c18-14-5-6-16(19)13(9-14)11-21-17-7-8-20-10-12-3-1-2-4-15(12)17/h1-6,9,17,20-21H,7-8,10-11H2. The lowest BCUT2D eigenvalue weighted by atomic mass is 9.99. The Balaban J connectivity index is 1.77. The van der Waals surface area contributed by atoms with E-state index in [0.29, 0.717) is 12.1 Å². The van der Waals surface area contributed by atoms with Crippen molar-refractivity contribution in [3.8, 4) is 0 Å². The van der Waals surface area contributed by atoms with Crippen molar-refractivity contribution >= 4 is 15.9 Å². The molecule has 2 N–H and O–H groups in total. The second kappa shape index (κ2) is 6.69.